The van der Waals surface area contributed by atoms with E-state index in [-0.39, 0.29) is 17.7 Å². The van der Waals surface area contributed by atoms with Gasteiger partial charge in [0.1, 0.15) is 0 Å². The molecule has 4 rings (SSSR count). The van der Waals surface area contributed by atoms with Crippen LogP contribution >= 0.6 is 0 Å². The molecule has 0 fully saturated rings. The molecule has 2 aromatic carbocycles. The van der Waals surface area contributed by atoms with Gasteiger partial charge in [-0.3, -0.25) is 9.79 Å². The number of fused-ring (bicyclic) bond motifs is 1. The standard InChI is InChI=1S/C20H15F3N4O/c1-12-7-17-18(9-15(12)20(21,22)23)26-19(28)10-16(25-17)13-3-2-4-14(8-13)27-6-5-24-11-27/h2-9,11H,10H2,1H3,(H,26,28). The van der Waals surface area contributed by atoms with Crippen molar-refractivity contribution < 1.29 is 18.0 Å². The largest absolute Gasteiger partial charge is 0.416 e. The maximum atomic E-state index is 13.2. The number of amides is 1. The van der Waals surface area contributed by atoms with Crippen molar-refractivity contribution in [1.29, 1.82) is 0 Å². The first-order valence-electron chi connectivity index (χ1n) is 8.49. The number of aryl methyl sites for hydroxylation is 1. The Balaban J connectivity index is 1.80. The van der Waals surface area contributed by atoms with Crippen LogP contribution in [0.5, 0.6) is 0 Å². The molecule has 1 aliphatic heterocycles. The van der Waals surface area contributed by atoms with Crippen LogP contribution < -0.4 is 5.32 Å². The van der Waals surface area contributed by atoms with E-state index in [9.17, 15) is 18.0 Å². The molecule has 1 amide bonds. The molecule has 28 heavy (non-hydrogen) atoms. The predicted octanol–water partition coefficient (Wildman–Crippen LogP) is 4.66. The molecule has 1 aromatic heterocycles. The van der Waals surface area contributed by atoms with Crippen LogP contribution in [0.1, 0.15) is 23.1 Å². The Bertz CT molecular complexity index is 1090. The molecule has 5 nitrogen and oxygen atoms in total. The minimum atomic E-state index is -4.50. The first-order valence-corrected chi connectivity index (χ1v) is 8.49. The van der Waals surface area contributed by atoms with Crippen LogP contribution in [0.25, 0.3) is 5.69 Å². The van der Waals surface area contributed by atoms with Gasteiger partial charge in [-0.1, -0.05) is 12.1 Å². The van der Waals surface area contributed by atoms with Crippen molar-refractivity contribution in [3.63, 3.8) is 0 Å². The topological polar surface area (TPSA) is 59.3 Å². The van der Waals surface area contributed by atoms with Crippen molar-refractivity contribution in [3.8, 4) is 5.69 Å². The van der Waals surface area contributed by atoms with Gasteiger partial charge in [-0.15, -0.1) is 0 Å². The van der Waals surface area contributed by atoms with E-state index in [1.165, 1.54) is 13.0 Å². The fourth-order valence-corrected chi connectivity index (χ4v) is 3.15. The molecule has 0 atom stereocenters. The van der Waals surface area contributed by atoms with Crippen molar-refractivity contribution in [2.75, 3.05) is 5.32 Å². The molecule has 1 N–H and O–H groups in total. The highest BCUT2D eigenvalue weighted by atomic mass is 19.4. The normalized spacial score (nSPS) is 14.1. The number of imidazole rings is 1. The summed E-state index contributed by atoms with van der Waals surface area (Å²) in [4.78, 5) is 20.8. The second kappa shape index (κ2) is 6.63. The maximum Gasteiger partial charge on any atom is 0.416 e. The van der Waals surface area contributed by atoms with Crippen LogP contribution in [0, 0.1) is 6.92 Å². The van der Waals surface area contributed by atoms with E-state index in [4.69, 9.17) is 0 Å². The number of hydrogen-bond acceptors (Lipinski definition) is 3. The van der Waals surface area contributed by atoms with Gasteiger partial charge < -0.3 is 9.88 Å². The number of carbonyl (C=O) groups is 1. The number of halogens is 3. The number of nitrogens with zero attached hydrogens (tertiary/aromatic N) is 3. The SMILES string of the molecule is Cc1cc2c(cc1C(F)(F)F)NC(=O)CC(c1cccc(-n3ccnc3)c1)=N2. The van der Waals surface area contributed by atoms with Crippen molar-refractivity contribution in [2.45, 2.75) is 19.5 Å². The van der Waals surface area contributed by atoms with Gasteiger partial charge in [0, 0.05) is 18.1 Å². The third-order valence-corrected chi connectivity index (χ3v) is 4.49. The first-order chi connectivity index (χ1) is 13.3. The lowest BCUT2D eigenvalue weighted by Crippen LogP contribution is -2.15. The van der Waals surface area contributed by atoms with Gasteiger partial charge in [0.2, 0.25) is 5.91 Å². The van der Waals surface area contributed by atoms with Crippen LogP contribution in [0.2, 0.25) is 0 Å². The fourth-order valence-electron chi connectivity index (χ4n) is 3.15. The summed E-state index contributed by atoms with van der Waals surface area (Å²) in [6, 6.07) is 9.68. The number of carbonyl (C=O) groups excluding carboxylic acids is 1. The smallest absolute Gasteiger partial charge is 0.324 e. The Morgan fingerprint density at radius 1 is 1.18 bits per heavy atom. The molecule has 0 bridgehead atoms. The van der Waals surface area contributed by atoms with Crippen LogP contribution in [0.15, 0.2) is 60.1 Å². The van der Waals surface area contributed by atoms with Gasteiger partial charge in [0.05, 0.1) is 35.4 Å². The van der Waals surface area contributed by atoms with Gasteiger partial charge in [0.25, 0.3) is 0 Å². The summed E-state index contributed by atoms with van der Waals surface area (Å²) < 4.78 is 41.4. The quantitative estimate of drug-likeness (QED) is 0.698. The summed E-state index contributed by atoms with van der Waals surface area (Å²) in [7, 11) is 0. The van der Waals surface area contributed by atoms with E-state index >= 15 is 0 Å². The average Bonchev–Trinajstić information content (AvgIpc) is 3.11. The highest BCUT2D eigenvalue weighted by Gasteiger charge is 2.34. The Labute approximate surface area is 158 Å². The van der Waals surface area contributed by atoms with Crippen molar-refractivity contribution >= 4 is 23.0 Å². The first kappa shape index (κ1) is 18.0. The number of rotatable bonds is 2. The van der Waals surface area contributed by atoms with E-state index in [1.807, 2.05) is 28.8 Å². The predicted molar refractivity (Wildman–Crippen MR) is 99.2 cm³/mol. The number of aromatic nitrogens is 2. The summed E-state index contributed by atoms with van der Waals surface area (Å²) in [6.07, 6.45) is 0.556. The number of nitrogens with one attached hydrogen (secondary N) is 1. The van der Waals surface area contributed by atoms with Crippen molar-refractivity contribution in [3.05, 3.63) is 71.8 Å². The van der Waals surface area contributed by atoms with Gasteiger partial charge in [0.15, 0.2) is 0 Å². The molecular formula is C20H15F3N4O. The zero-order chi connectivity index (χ0) is 19.9. The van der Waals surface area contributed by atoms with E-state index in [1.54, 1.807) is 18.7 Å². The Kier molecular flexibility index (Phi) is 4.26. The zero-order valence-corrected chi connectivity index (χ0v) is 14.8. The third kappa shape index (κ3) is 3.40. The highest BCUT2D eigenvalue weighted by Crippen LogP contribution is 2.39. The lowest BCUT2D eigenvalue weighted by atomic mass is 10.1. The molecule has 1 aliphatic rings. The molecule has 0 saturated heterocycles. The number of alkyl halides is 3. The molecule has 0 radical (unpaired) electrons. The Morgan fingerprint density at radius 3 is 2.71 bits per heavy atom. The van der Waals surface area contributed by atoms with Crippen molar-refractivity contribution in [1.82, 2.24) is 9.55 Å². The lowest BCUT2D eigenvalue weighted by Gasteiger charge is -2.13. The summed E-state index contributed by atoms with van der Waals surface area (Å²) >= 11 is 0. The molecular weight excluding hydrogens is 369 g/mol. The molecule has 0 saturated carbocycles. The number of aliphatic imine (C=N–C) groups is 1. The van der Waals surface area contributed by atoms with Gasteiger partial charge in [-0.25, -0.2) is 4.98 Å². The Hall–Kier alpha value is -3.42. The molecule has 8 heteroatoms. The summed E-state index contributed by atoms with van der Waals surface area (Å²) in [5.74, 6) is -0.414. The van der Waals surface area contributed by atoms with Gasteiger partial charge in [-0.05, 0) is 42.3 Å². The minimum absolute atomic E-state index is 0.0392. The van der Waals surface area contributed by atoms with Crippen LogP contribution in [0.3, 0.4) is 0 Å². The third-order valence-electron chi connectivity index (χ3n) is 4.49. The van der Waals surface area contributed by atoms with Crippen LogP contribution in [-0.4, -0.2) is 21.2 Å². The summed E-state index contributed by atoms with van der Waals surface area (Å²) in [6.45, 7) is 1.38. The second-order valence-electron chi connectivity index (χ2n) is 6.49. The van der Waals surface area contributed by atoms with E-state index < -0.39 is 17.6 Å². The molecule has 3 aromatic rings. The minimum Gasteiger partial charge on any atom is -0.324 e. The van der Waals surface area contributed by atoms with Gasteiger partial charge in [-0.2, -0.15) is 13.2 Å². The fraction of sp³-hybridized carbons (Fsp3) is 0.150. The van der Waals surface area contributed by atoms with E-state index in [0.29, 0.717) is 17.0 Å². The number of anilines is 1. The molecule has 0 spiro atoms. The molecule has 0 unspecified atom stereocenters. The van der Waals surface area contributed by atoms with Crippen LogP contribution in [0.4, 0.5) is 24.5 Å². The number of benzene rings is 2. The van der Waals surface area contributed by atoms with Gasteiger partial charge >= 0.3 is 6.18 Å². The lowest BCUT2D eigenvalue weighted by molar-refractivity contribution is -0.138. The molecule has 2 heterocycles. The molecule has 142 valence electrons. The Morgan fingerprint density at radius 2 is 2.00 bits per heavy atom. The summed E-state index contributed by atoms with van der Waals surface area (Å²) in [5, 5.41) is 2.54. The van der Waals surface area contributed by atoms with Crippen LogP contribution in [-0.2, 0) is 11.0 Å². The van der Waals surface area contributed by atoms with Crippen molar-refractivity contribution in [2.24, 2.45) is 4.99 Å². The molecule has 0 aliphatic carbocycles. The monoisotopic (exact) mass is 384 g/mol. The second-order valence-corrected chi connectivity index (χ2v) is 6.49. The summed E-state index contributed by atoms with van der Waals surface area (Å²) in [5.41, 5.74) is 1.67. The zero-order valence-electron chi connectivity index (χ0n) is 14.8. The maximum absolute atomic E-state index is 13.2. The van der Waals surface area contributed by atoms with E-state index in [0.717, 1.165) is 11.8 Å². The average molecular weight is 384 g/mol. The van der Waals surface area contributed by atoms with E-state index in [2.05, 4.69) is 15.3 Å². The number of hydrogen-bond donors (Lipinski definition) is 1. The highest BCUT2D eigenvalue weighted by molar-refractivity contribution is 6.17.